The number of H-pyrrole nitrogens is 1. The number of amides is 2. The van der Waals surface area contributed by atoms with Crippen molar-refractivity contribution in [3.8, 4) is 0 Å². The molecule has 178 valence electrons. The topological polar surface area (TPSA) is 134 Å². The number of ketones is 1. The Balaban J connectivity index is 1.61. The first-order chi connectivity index (χ1) is 16.1. The third-order valence-electron chi connectivity index (χ3n) is 5.76. The van der Waals surface area contributed by atoms with Crippen LogP contribution in [0.5, 0.6) is 0 Å². The standard InChI is InChI=1S/C24H28N6O4/c1-13(2)17(19(31)21-28-29-23(34-21)24(3,4)5)27-20(32)18-15-9-7-6-8-14(15)11-30(18)22(33)16-10-25-12-26-16/h6-10,12-13,17-18H,11H2,1-5H3,(H,25,26)(H,27,32)/t17-,18-/m0/s1. The molecule has 0 aliphatic carbocycles. The van der Waals surface area contributed by atoms with Crippen LogP contribution in [0.1, 0.15) is 78.9 Å². The number of hydrogen-bond acceptors (Lipinski definition) is 7. The van der Waals surface area contributed by atoms with Gasteiger partial charge in [0.05, 0.1) is 18.6 Å². The molecule has 4 rings (SSSR count). The molecule has 1 aliphatic rings. The molecule has 1 aromatic carbocycles. The molecule has 2 aromatic heterocycles. The van der Waals surface area contributed by atoms with Gasteiger partial charge in [-0.05, 0) is 17.0 Å². The molecule has 10 heteroatoms. The van der Waals surface area contributed by atoms with Crippen molar-refractivity contribution in [2.45, 2.75) is 58.7 Å². The van der Waals surface area contributed by atoms with Crippen LogP contribution in [0, 0.1) is 5.92 Å². The van der Waals surface area contributed by atoms with Crippen LogP contribution >= 0.6 is 0 Å². The number of aromatic nitrogens is 4. The van der Waals surface area contributed by atoms with E-state index >= 15 is 0 Å². The van der Waals surface area contributed by atoms with E-state index in [9.17, 15) is 14.4 Å². The van der Waals surface area contributed by atoms with Crippen LogP contribution < -0.4 is 5.32 Å². The number of nitrogens with one attached hydrogen (secondary N) is 2. The van der Waals surface area contributed by atoms with Gasteiger partial charge in [-0.2, -0.15) is 0 Å². The van der Waals surface area contributed by atoms with Crippen LogP contribution in [0.2, 0.25) is 0 Å². The van der Waals surface area contributed by atoms with E-state index in [0.29, 0.717) is 5.89 Å². The normalized spacial score (nSPS) is 16.4. The number of nitrogens with zero attached hydrogens (tertiary/aromatic N) is 4. The number of carbonyl (C=O) groups is 3. The Bertz CT molecular complexity index is 1210. The van der Waals surface area contributed by atoms with Gasteiger partial charge in [0.15, 0.2) is 0 Å². The highest BCUT2D eigenvalue weighted by molar-refractivity contribution is 6.01. The summed E-state index contributed by atoms with van der Waals surface area (Å²) in [7, 11) is 0. The second-order valence-corrected chi connectivity index (χ2v) is 9.76. The summed E-state index contributed by atoms with van der Waals surface area (Å²) in [4.78, 5) is 48.1. The maximum Gasteiger partial charge on any atom is 0.286 e. The van der Waals surface area contributed by atoms with Crippen molar-refractivity contribution in [3.05, 3.63) is 65.4 Å². The van der Waals surface area contributed by atoms with Gasteiger partial charge in [-0.3, -0.25) is 14.4 Å². The lowest BCUT2D eigenvalue weighted by Gasteiger charge is -2.27. The fourth-order valence-corrected chi connectivity index (χ4v) is 3.91. The fourth-order valence-electron chi connectivity index (χ4n) is 3.91. The van der Waals surface area contributed by atoms with E-state index in [1.54, 1.807) is 0 Å². The van der Waals surface area contributed by atoms with E-state index in [2.05, 4.69) is 25.5 Å². The summed E-state index contributed by atoms with van der Waals surface area (Å²) >= 11 is 0. The number of aromatic amines is 1. The van der Waals surface area contributed by atoms with E-state index in [1.807, 2.05) is 58.9 Å². The number of Topliss-reactive ketones (excluding diaryl/α,β-unsaturated/α-hetero) is 1. The quantitative estimate of drug-likeness (QED) is 0.536. The number of benzene rings is 1. The maximum absolute atomic E-state index is 13.6. The van der Waals surface area contributed by atoms with Crippen molar-refractivity contribution in [1.29, 1.82) is 0 Å². The second kappa shape index (κ2) is 8.85. The second-order valence-electron chi connectivity index (χ2n) is 9.76. The predicted molar refractivity (Wildman–Crippen MR) is 122 cm³/mol. The molecule has 0 fully saturated rings. The Morgan fingerprint density at radius 3 is 2.53 bits per heavy atom. The largest absolute Gasteiger partial charge is 0.418 e. The van der Waals surface area contributed by atoms with E-state index in [4.69, 9.17) is 4.42 Å². The SMILES string of the molecule is CC(C)[C@H](NC(=O)[C@@H]1c2ccccc2CN1C(=O)c1cnc[nH]1)C(=O)c1nnc(C(C)(C)C)o1. The summed E-state index contributed by atoms with van der Waals surface area (Å²) in [6, 6.07) is 5.58. The molecule has 0 radical (unpaired) electrons. The van der Waals surface area contributed by atoms with Gasteiger partial charge in [-0.25, -0.2) is 4.98 Å². The van der Waals surface area contributed by atoms with Crippen molar-refractivity contribution >= 4 is 17.6 Å². The van der Waals surface area contributed by atoms with Gasteiger partial charge in [0.2, 0.25) is 17.6 Å². The minimum absolute atomic E-state index is 0.152. The van der Waals surface area contributed by atoms with Gasteiger partial charge in [0.25, 0.3) is 11.8 Å². The molecular formula is C24H28N6O4. The van der Waals surface area contributed by atoms with Crippen molar-refractivity contribution in [1.82, 2.24) is 30.4 Å². The highest BCUT2D eigenvalue weighted by Gasteiger charge is 2.41. The summed E-state index contributed by atoms with van der Waals surface area (Å²) in [5.41, 5.74) is 1.45. The number of hydrogen-bond donors (Lipinski definition) is 2. The Morgan fingerprint density at radius 1 is 1.18 bits per heavy atom. The molecule has 0 saturated heterocycles. The first kappa shape index (κ1) is 23.3. The lowest BCUT2D eigenvalue weighted by molar-refractivity contribution is -0.126. The summed E-state index contributed by atoms with van der Waals surface area (Å²) in [5.74, 6) is -1.35. The summed E-state index contributed by atoms with van der Waals surface area (Å²) in [6.45, 7) is 9.61. The van der Waals surface area contributed by atoms with Crippen LogP contribution in [0.4, 0.5) is 0 Å². The van der Waals surface area contributed by atoms with Gasteiger partial charge in [0.1, 0.15) is 11.7 Å². The highest BCUT2D eigenvalue weighted by Crippen LogP contribution is 2.35. The van der Waals surface area contributed by atoms with E-state index in [-0.39, 0.29) is 30.0 Å². The maximum atomic E-state index is 13.6. The molecule has 0 saturated carbocycles. The van der Waals surface area contributed by atoms with Gasteiger partial charge in [-0.1, -0.05) is 58.9 Å². The van der Waals surface area contributed by atoms with Gasteiger partial charge < -0.3 is 19.6 Å². The molecule has 2 N–H and O–H groups in total. The van der Waals surface area contributed by atoms with Crippen molar-refractivity contribution in [2.24, 2.45) is 5.92 Å². The molecule has 3 aromatic rings. The molecule has 0 spiro atoms. The molecule has 0 bridgehead atoms. The molecule has 3 heterocycles. The Morgan fingerprint density at radius 2 is 1.91 bits per heavy atom. The molecular weight excluding hydrogens is 436 g/mol. The number of imidazole rings is 1. The van der Waals surface area contributed by atoms with Crippen molar-refractivity contribution in [3.63, 3.8) is 0 Å². The average Bonchev–Trinajstić information content (AvgIpc) is 3.54. The van der Waals surface area contributed by atoms with Crippen LogP contribution in [0.25, 0.3) is 0 Å². The summed E-state index contributed by atoms with van der Waals surface area (Å²) in [5, 5.41) is 10.7. The molecule has 0 unspecified atom stereocenters. The van der Waals surface area contributed by atoms with E-state index in [0.717, 1.165) is 11.1 Å². The van der Waals surface area contributed by atoms with Crippen LogP contribution in [-0.2, 0) is 16.8 Å². The minimum Gasteiger partial charge on any atom is -0.418 e. The zero-order valence-electron chi connectivity index (χ0n) is 19.8. The summed E-state index contributed by atoms with van der Waals surface area (Å²) in [6.07, 6.45) is 2.83. The lowest BCUT2D eigenvalue weighted by Crippen LogP contribution is -2.49. The van der Waals surface area contributed by atoms with Crippen LogP contribution in [-0.4, -0.2) is 48.7 Å². The molecule has 2 amide bonds. The monoisotopic (exact) mass is 464 g/mol. The highest BCUT2D eigenvalue weighted by atomic mass is 16.4. The van der Waals surface area contributed by atoms with Gasteiger partial charge in [0, 0.05) is 12.0 Å². The van der Waals surface area contributed by atoms with Crippen LogP contribution in [0.15, 0.2) is 41.2 Å². The predicted octanol–water partition coefficient (Wildman–Crippen LogP) is 2.81. The number of carbonyl (C=O) groups excluding carboxylic acids is 3. The molecule has 34 heavy (non-hydrogen) atoms. The molecule has 1 aliphatic heterocycles. The Hall–Kier alpha value is -3.82. The first-order valence-corrected chi connectivity index (χ1v) is 11.1. The fraction of sp³-hybridized carbons (Fsp3) is 0.417. The Kier molecular flexibility index (Phi) is 6.07. The minimum atomic E-state index is -0.905. The zero-order chi connectivity index (χ0) is 24.6. The van der Waals surface area contributed by atoms with Crippen molar-refractivity contribution < 1.29 is 18.8 Å². The number of rotatable bonds is 6. The third-order valence-corrected chi connectivity index (χ3v) is 5.76. The Labute approximate surface area is 197 Å². The average molecular weight is 465 g/mol. The smallest absolute Gasteiger partial charge is 0.286 e. The molecule has 2 atom stereocenters. The van der Waals surface area contributed by atoms with E-state index < -0.39 is 29.2 Å². The van der Waals surface area contributed by atoms with Crippen LogP contribution in [0.3, 0.4) is 0 Å². The van der Waals surface area contributed by atoms with Crippen molar-refractivity contribution in [2.75, 3.05) is 0 Å². The molecule has 10 nitrogen and oxygen atoms in total. The van der Waals surface area contributed by atoms with Gasteiger partial charge >= 0.3 is 0 Å². The zero-order valence-corrected chi connectivity index (χ0v) is 19.8. The number of fused-ring (bicyclic) bond motifs is 1. The summed E-state index contributed by atoms with van der Waals surface area (Å²) < 4.78 is 5.61. The van der Waals surface area contributed by atoms with E-state index in [1.165, 1.54) is 17.4 Å². The third kappa shape index (κ3) is 4.35. The lowest BCUT2D eigenvalue weighted by atomic mass is 9.97. The van der Waals surface area contributed by atoms with Gasteiger partial charge in [-0.15, -0.1) is 10.2 Å². The first-order valence-electron chi connectivity index (χ1n) is 11.1.